The molecule has 1 aliphatic rings. The van der Waals surface area contributed by atoms with Crippen molar-refractivity contribution >= 4 is 17.6 Å². The van der Waals surface area contributed by atoms with Crippen LogP contribution in [0.25, 0.3) is 0 Å². The molecule has 38 heavy (non-hydrogen) atoms. The fraction of sp³-hybridized carbons (Fsp3) is 0.154. The first kappa shape index (κ1) is 26.7. The van der Waals surface area contributed by atoms with Gasteiger partial charge in [0.1, 0.15) is 6.10 Å². The molecule has 0 radical (unpaired) electrons. The molecule has 0 saturated carbocycles. The Kier molecular flexibility index (Phi) is 6.70. The zero-order valence-corrected chi connectivity index (χ0v) is 19.0. The molecule has 1 amide bonds. The second-order valence-electron chi connectivity index (χ2n) is 8.39. The number of alkyl halides is 6. The van der Waals surface area contributed by atoms with Crippen LogP contribution < -0.4 is 4.90 Å². The molecular formula is C26H17F6NO5. The third kappa shape index (κ3) is 4.94. The second-order valence-corrected chi connectivity index (χ2v) is 8.39. The lowest BCUT2D eigenvalue weighted by Gasteiger charge is -2.29. The van der Waals surface area contributed by atoms with E-state index in [2.05, 4.69) is 0 Å². The number of carboxylic acid groups (broad SMARTS) is 1. The molecule has 0 aliphatic carbocycles. The first-order valence-corrected chi connectivity index (χ1v) is 10.8. The lowest BCUT2D eigenvalue weighted by Crippen LogP contribution is -2.31. The Bertz CT molecular complexity index is 1450. The van der Waals surface area contributed by atoms with Crippen molar-refractivity contribution < 1.29 is 51.3 Å². The highest BCUT2D eigenvalue weighted by Crippen LogP contribution is 2.47. The fourth-order valence-electron chi connectivity index (χ4n) is 4.24. The summed E-state index contributed by atoms with van der Waals surface area (Å²) < 4.78 is 80.3. The van der Waals surface area contributed by atoms with Gasteiger partial charge in [-0.3, -0.25) is 9.69 Å². The number of anilines is 1. The van der Waals surface area contributed by atoms with E-state index in [1.54, 1.807) is 0 Å². The fourth-order valence-corrected chi connectivity index (χ4v) is 4.24. The highest BCUT2D eigenvalue weighted by atomic mass is 19.4. The summed E-state index contributed by atoms with van der Waals surface area (Å²) in [5.41, 5.74) is -3.89. The molecule has 4 rings (SSSR count). The van der Waals surface area contributed by atoms with Crippen LogP contribution in [0.15, 0.2) is 84.1 Å². The van der Waals surface area contributed by atoms with Gasteiger partial charge in [-0.1, -0.05) is 30.3 Å². The van der Waals surface area contributed by atoms with E-state index in [0.29, 0.717) is 12.1 Å². The number of nitrogens with zero attached hydrogens (tertiary/aromatic N) is 1. The van der Waals surface area contributed by atoms with Crippen LogP contribution in [0, 0.1) is 0 Å². The van der Waals surface area contributed by atoms with Gasteiger partial charge in [0.2, 0.25) is 0 Å². The van der Waals surface area contributed by atoms with Crippen molar-refractivity contribution in [3.8, 4) is 0 Å². The molecule has 0 aromatic heterocycles. The molecule has 0 saturated heterocycles. The number of amides is 1. The van der Waals surface area contributed by atoms with Crippen LogP contribution in [0.3, 0.4) is 0 Å². The van der Waals surface area contributed by atoms with Crippen molar-refractivity contribution in [2.24, 2.45) is 0 Å². The van der Waals surface area contributed by atoms with Gasteiger partial charge in [0, 0.05) is 11.3 Å². The molecule has 1 aliphatic heterocycles. The van der Waals surface area contributed by atoms with Gasteiger partial charge in [0.15, 0.2) is 5.76 Å². The minimum absolute atomic E-state index is 0.143. The van der Waals surface area contributed by atoms with E-state index < -0.39 is 58.8 Å². The Hall–Kier alpha value is -4.32. The quantitative estimate of drug-likeness (QED) is 0.344. The lowest BCUT2D eigenvalue weighted by molar-refractivity contribution is -0.138. The standard InChI is InChI=1S/C26H17F6NO5/c27-25(28,29)16-7-1-4-13(10-16)20-19(21(34)14-5-2-8-17(11-14)26(30,31)32)22(35)23(36)33(20)18-9-3-6-15(12-18)24(37)38/h1-12,20-21,34-35H,(H,37,38)/t20-,21-/m0/s1. The van der Waals surface area contributed by atoms with Crippen LogP contribution in [0.1, 0.15) is 44.8 Å². The molecular weight excluding hydrogens is 520 g/mol. The average Bonchev–Trinajstić information content (AvgIpc) is 3.13. The molecule has 3 aromatic carbocycles. The molecule has 0 fully saturated rings. The zero-order valence-electron chi connectivity index (χ0n) is 19.0. The smallest absolute Gasteiger partial charge is 0.416 e. The number of carbonyl (C=O) groups is 2. The van der Waals surface area contributed by atoms with Crippen LogP contribution in [0.4, 0.5) is 32.0 Å². The molecule has 0 bridgehead atoms. The van der Waals surface area contributed by atoms with Crippen molar-refractivity contribution in [2.75, 3.05) is 4.90 Å². The molecule has 0 spiro atoms. The number of aliphatic hydroxyl groups is 2. The van der Waals surface area contributed by atoms with Crippen molar-refractivity contribution in [3.63, 3.8) is 0 Å². The Morgan fingerprint density at radius 2 is 1.42 bits per heavy atom. The lowest BCUT2D eigenvalue weighted by atomic mass is 9.90. The first-order chi connectivity index (χ1) is 17.7. The van der Waals surface area contributed by atoms with Gasteiger partial charge in [-0.05, 0) is 53.6 Å². The third-order valence-electron chi connectivity index (χ3n) is 5.97. The topological polar surface area (TPSA) is 98.1 Å². The maximum atomic E-state index is 13.5. The zero-order chi connectivity index (χ0) is 28.0. The summed E-state index contributed by atoms with van der Waals surface area (Å²) in [6.07, 6.45) is -11.6. The number of aromatic carboxylic acids is 1. The molecule has 6 nitrogen and oxygen atoms in total. The molecule has 0 unspecified atom stereocenters. The first-order valence-electron chi connectivity index (χ1n) is 10.8. The predicted octanol–water partition coefficient (Wildman–Crippen LogP) is 6.06. The van der Waals surface area contributed by atoms with Gasteiger partial charge in [0.05, 0.1) is 22.7 Å². The van der Waals surface area contributed by atoms with E-state index in [1.165, 1.54) is 24.3 Å². The summed E-state index contributed by atoms with van der Waals surface area (Å²) >= 11 is 0. The summed E-state index contributed by atoms with van der Waals surface area (Å²) in [5, 5.41) is 31.2. The van der Waals surface area contributed by atoms with E-state index in [4.69, 9.17) is 0 Å². The van der Waals surface area contributed by atoms with E-state index in [0.717, 1.165) is 41.3 Å². The summed E-state index contributed by atoms with van der Waals surface area (Å²) in [4.78, 5) is 25.4. The number of aliphatic hydroxyl groups excluding tert-OH is 2. The summed E-state index contributed by atoms with van der Waals surface area (Å²) in [6, 6.07) is 10.2. The van der Waals surface area contributed by atoms with Crippen molar-refractivity contribution in [1.82, 2.24) is 0 Å². The van der Waals surface area contributed by atoms with Crippen molar-refractivity contribution in [3.05, 3.63) is 112 Å². The van der Waals surface area contributed by atoms with Crippen LogP contribution in [0.2, 0.25) is 0 Å². The average molecular weight is 537 g/mol. The number of halogens is 6. The molecule has 1 heterocycles. The number of hydrogen-bond donors (Lipinski definition) is 3. The Morgan fingerprint density at radius 3 is 2.03 bits per heavy atom. The van der Waals surface area contributed by atoms with Crippen LogP contribution in [-0.2, 0) is 17.1 Å². The second kappa shape index (κ2) is 9.53. The van der Waals surface area contributed by atoms with Crippen LogP contribution >= 0.6 is 0 Å². The summed E-state index contributed by atoms with van der Waals surface area (Å²) in [7, 11) is 0. The minimum atomic E-state index is -4.81. The number of carbonyl (C=O) groups excluding carboxylic acids is 1. The molecule has 3 aromatic rings. The largest absolute Gasteiger partial charge is 0.503 e. The van der Waals surface area contributed by atoms with E-state index in [1.807, 2.05) is 0 Å². The highest BCUT2D eigenvalue weighted by Gasteiger charge is 2.45. The van der Waals surface area contributed by atoms with Gasteiger partial charge in [-0.15, -0.1) is 0 Å². The highest BCUT2D eigenvalue weighted by molar-refractivity contribution is 6.09. The monoisotopic (exact) mass is 537 g/mol. The maximum absolute atomic E-state index is 13.5. The van der Waals surface area contributed by atoms with E-state index in [9.17, 15) is 51.3 Å². The molecule has 198 valence electrons. The Morgan fingerprint density at radius 1 is 0.842 bits per heavy atom. The number of carboxylic acids is 1. The summed E-state index contributed by atoms with van der Waals surface area (Å²) in [5.74, 6) is -3.68. The van der Waals surface area contributed by atoms with E-state index in [-0.39, 0.29) is 22.4 Å². The van der Waals surface area contributed by atoms with Crippen molar-refractivity contribution in [2.45, 2.75) is 24.5 Å². The van der Waals surface area contributed by atoms with Gasteiger partial charge in [-0.2, -0.15) is 26.3 Å². The molecule has 2 atom stereocenters. The van der Waals surface area contributed by atoms with Gasteiger partial charge < -0.3 is 15.3 Å². The Balaban J connectivity index is 1.92. The molecule has 3 N–H and O–H groups in total. The van der Waals surface area contributed by atoms with Crippen LogP contribution in [-0.4, -0.2) is 27.2 Å². The van der Waals surface area contributed by atoms with Gasteiger partial charge in [0.25, 0.3) is 5.91 Å². The number of hydrogen-bond acceptors (Lipinski definition) is 4. The number of rotatable bonds is 5. The maximum Gasteiger partial charge on any atom is 0.416 e. The number of benzene rings is 3. The van der Waals surface area contributed by atoms with E-state index >= 15 is 0 Å². The predicted molar refractivity (Wildman–Crippen MR) is 121 cm³/mol. The summed E-state index contributed by atoms with van der Waals surface area (Å²) in [6.45, 7) is 0. The van der Waals surface area contributed by atoms with Gasteiger partial charge >= 0.3 is 18.3 Å². The Labute approximate surface area is 210 Å². The van der Waals surface area contributed by atoms with Gasteiger partial charge in [-0.25, -0.2) is 4.79 Å². The third-order valence-corrected chi connectivity index (χ3v) is 5.97. The van der Waals surface area contributed by atoms with Crippen LogP contribution in [0.5, 0.6) is 0 Å². The minimum Gasteiger partial charge on any atom is -0.503 e. The SMILES string of the molecule is O=C(O)c1cccc(N2C(=O)C(O)=C([C@@H](O)c3cccc(C(F)(F)F)c3)[C@@H]2c2cccc(C(F)(F)F)c2)c1. The molecule has 12 heteroatoms. The normalized spacial score (nSPS) is 17.2. The van der Waals surface area contributed by atoms with Crippen molar-refractivity contribution in [1.29, 1.82) is 0 Å².